The van der Waals surface area contributed by atoms with Crippen molar-refractivity contribution in [1.82, 2.24) is 5.43 Å². The van der Waals surface area contributed by atoms with Crippen LogP contribution < -0.4 is 15.5 Å². The quantitative estimate of drug-likeness (QED) is 0.297. The van der Waals surface area contributed by atoms with Crippen molar-refractivity contribution < 1.29 is 9.53 Å². The van der Waals surface area contributed by atoms with Gasteiger partial charge in [-0.2, -0.15) is 5.10 Å². The molecule has 0 aromatic heterocycles. The number of para-hydroxylation sites is 1. The predicted molar refractivity (Wildman–Crippen MR) is 130 cm³/mol. The van der Waals surface area contributed by atoms with Crippen molar-refractivity contribution >= 4 is 45.3 Å². The Balaban J connectivity index is 1.58. The summed E-state index contributed by atoms with van der Waals surface area (Å²) in [5, 5.41) is 7.92. The molecular weight excluding hydrogens is 478 g/mol. The van der Waals surface area contributed by atoms with Crippen LogP contribution >= 0.6 is 27.5 Å². The van der Waals surface area contributed by atoms with Crippen LogP contribution in [0.25, 0.3) is 0 Å². The summed E-state index contributed by atoms with van der Waals surface area (Å²) in [5.74, 6) is 0.432. The van der Waals surface area contributed by atoms with Crippen molar-refractivity contribution in [3.63, 3.8) is 0 Å². The number of ether oxygens (including phenoxy) is 1. The van der Waals surface area contributed by atoms with E-state index in [1.54, 1.807) is 19.2 Å². The minimum absolute atomic E-state index is 0.252. The first-order valence-corrected chi connectivity index (χ1v) is 10.9. The van der Waals surface area contributed by atoms with Gasteiger partial charge in [-0.3, -0.25) is 4.79 Å². The second-order valence-corrected chi connectivity index (χ2v) is 8.37. The minimum Gasteiger partial charge on any atom is -0.488 e. The van der Waals surface area contributed by atoms with Crippen LogP contribution in [0, 0.1) is 6.92 Å². The fourth-order valence-electron chi connectivity index (χ4n) is 2.86. The Morgan fingerprint density at radius 3 is 2.74 bits per heavy atom. The molecule has 0 aliphatic carbocycles. The molecular formula is C24H23BrClN3O2. The number of carbonyl (C=O) groups is 1. The van der Waals surface area contributed by atoms with Gasteiger partial charge in [0.2, 0.25) is 0 Å². The van der Waals surface area contributed by atoms with Crippen molar-refractivity contribution in [2.75, 3.05) is 5.32 Å². The molecule has 0 saturated heterocycles. The minimum atomic E-state index is -0.472. The van der Waals surface area contributed by atoms with Crippen LogP contribution in [0.2, 0.25) is 5.02 Å². The highest BCUT2D eigenvalue weighted by Gasteiger charge is 2.13. The Bertz CT molecular complexity index is 1090. The molecule has 3 aromatic rings. The maximum atomic E-state index is 12.4. The summed E-state index contributed by atoms with van der Waals surface area (Å²) in [6.45, 7) is 4.13. The van der Waals surface area contributed by atoms with Crippen molar-refractivity contribution in [2.45, 2.75) is 26.5 Å². The molecule has 2 N–H and O–H groups in total. The lowest BCUT2D eigenvalue weighted by molar-refractivity contribution is -0.121. The number of carbonyl (C=O) groups excluding carboxylic acids is 1. The van der Waals surface area contributed by atoms with Gasteiger partial charge in [0.05, 0.1) is 6.21 Å². The first-order chi connectivity index (χ1) is 14.9. The smallest absolute Gasteiger partial charge is 0.262 e. The Morgan fingerprint density at radius 2 is 1.97 bits per heavy atom. The number of rotatable bonds is 8. The molecule has 0 heterocycles. The number of nitrogens with zero attached hydrogens (tertiary/aromatic N) is 1. The summed E-state index contributed by atoms with van der Waals surface area (Å²) < 4.78 is 6.94. The molecule has 160 valence electrons. The van der Waals surface area contributed by atoms with Crippen LogP contribution in [0.3, 0.4) is 0 Å². The van der Waals surface area contributed by atoms with Gasteiger partial charge in [-0.05, 0) is 67.4 Å². The number of anilines is 1. The summed E-state index contributed by atoms with van der Waals surface area (Å²) in [7, 11) is 0. The van der Waals surface area contributed by atoms with Gasteiger partial charge in [-0.15, -0.1) is 0 Å². The van der Waals surface area contributed by atoms with E-state index in [2.05, 4.69) is 31.8 Å². The SMILES string of the molecule is Cc1cc(Cl)ccc1N[C@@H](C)C(=O)NN=Cc1ccccc1OCc1cccc(Br)c1. The van der Waals surface area contributed by atoms with Crippen LogP contribution in [0.4, 0.5) is 5.69 Å². The maximum Gasteiger partial charge on any atom is 0.262 e. The van der Waals surface area contributed by atoms with E-state index in [1.165, 1.54) is 0 Å². The van der Waals surface area contributed by atoms with Gasteiger partial charge in [0.15, 0.2) is 0 Å². The normalized spacial score (nSPS) is 11.9. The van der Waals surface area contributed by atoms with Crippen molar-refractivity contribution in [3.05, 3.63) is 92.9 Å². The Labute approximate surface area is 195 Å². The van der Waals surface area contributed by atoms with E-state index in [9.17, 15) is 4.79 Å². The molecule has 31 heavy (non-hydrogen) atoms. The first-order valence-electron chi connectivity index (χ1n) is 9.74. The molecule has 0 aliphatic heterocycles. The molecule has 0 radical (unpaired) electrons. The summed E-state index contributed by atoms with van der Waals surface area (Å²) in [4.78, 5) is 12.4. The van der Waals surface area contributed by atoms with E-state index in [1.807, 2.05) is 67.6 Å². The largest absolute Gasteiger partial charge is 0.488 e. The van der Waals surface area contributed by atoms with Gasteiger partial charge >= 0.3 is 0 Å². The fourth-order valence-corrected chi connectivity index (χ4v) is 3.53. The topological polar surface area (TPSA) is 62.7 Å². The van der Waals surface area contributed by atoms with Gasteiger partial charge in [0.25, 0.3) is 5.91 Å². The lowest BCUT2D eigenvalue weighted by atomic mass is 10.2. The molecule has 0 saturated carbocycles. The highest BCUT2D eigenvalue weighted by molar-refractivity contribution is 9.10. The lowest BCUT2D eigenvalue weighted by Gasteiger charge is -2.15. The number of hydrogen-bond acceptors (Lipinski definition) is 4. The molecule has 0 unspecified atom stereocenters. The highest BCUT2D eigenvalue weighted by Crippen LogP contribution is 2.21. The van der Waals surface area contributed by atoms with Crippen LogP contribution in [0.1, 0.15) is 23.6 Å². The summed E-state index contributed by atoms with van der Waals surface area (Å²) in [5.41, 5.74) is 6.20. The second-order valence-electron chi connectivity index (χ2n) is 7.02. The molecule has 0 bridgehead atoms. The zero-order valence-corrected chi connectivity index (χ0v) is 19.6. The molecule has 0 aliphatic rings. The third kappa shape index (κ3) is 6.84. The van der Waals surface area contributed by atoms with Gasteiger partial charge < -0.3 is 10.1 Å². The lowest BCUT2D eigenvalue weighted by Crippen LogP contribution is -2.35. The van der Waals surface area contributed by atoms with Gasteiger partial charge in [-0.1, -0.05) is 51.8 Å². The molecule has 3 aromatic carbocycles. The molecule has 1 atom stereocenters. The van der Waals surface area contributed by atoms with E-state index < -0.39 is 6.04 Å². The fraction of sp³-hybridized carbons (Fsp3) is 0.167. The summed E-state index contributed by atoms with van der Waals surface area (Å²) in [6, 6.07) is 20.5. The Morgan fingerprint density at radius 1 is 1.16 bits per heavy atom. The number of halogens is 2. The number of aryl methyl sites for hydroxylation is 1. The van der Waals surface area contributed by atoms with Crippen LogP contribution in [-0.4, -0.2) is 18.2 Å². The Kier molecular flexibility index (Phi) is 8.09. The number of benzene rings is 3. The first kappa shape index (κ1) is 22.8. The van der Waals surface area contributed by atoms with Crippen LogP contribution in [0.5, 0.6) is 5.75 Å². The van der Waals surface area contributed by atoms with E-state index in [0.29, 0.717) is 17.4 Å². The van der Waals surface area contributed by atoms with E-state index in [-0.39, 0.29) is 5.91 Å². The monoisotopic (exact) mass is 499 g/mol. The number of nitrogens with one attached hydrogen (secondary N) is 2. The van der Waals surface area contributed by atoms with E-state index in [4.69, 9.17) is 16.3 Å². The van der Waals surface area contributed by atoms with Crippen molar-refractivity contribution in [2.24, 2.45) is 5.10 Å². The third-order valence-electron chi connectivity index (χ3n) is 4.53. The predicted octanol–water partition coefficient (Wildman–Crippen LogP) is 5.94. The van der Waals surface area contributed by atoms with Crippen LogP contribution in [0.15, 0.2) is 76.3 Å². The third-order valence-corrected chi connectivity index (χ3v) is 5.26. The molecule has 0 fully saturated rings. The molecule has 0 spiro atoms. The van der Waals surface area contributed by atoms with E-state index in [0.717, 1.165) is 26.9 Å². The highest BCUT2D eigenvalue weighted by atomic mass is 79.9. The Hall–Kier alpha value is -2.83. The molecule has 1 amide bonds. The van der Waals surface area contributed by atoms with Gasteiger partial charge in [0.1, 0.15) is 18.4 Å². The molecule has 5 nitrogen and oxygen atoms in total. The summed E-state index contributed by atoms with van der Waals surface area (Å²) in [6.07, 6.45) is 1.58. The average Bonchev–Trinajstić information content (AvgIpc) is 2.75. The van der Waals surface area contributed by atoms with Gasteiger partial charge in [-0.25, -0.2) is 5.43 Å². The van der Waals surface area contributed by atoms with E-state index >= 15 is 0 Å². The second kappa shape index (κ2) is 11.0. The zero-order chi connectivity index (χ0) is 22.2. The average molecular weight is 501 g/mol. The maximum absolute atomic E-state index is 12.4. The molecule has 7 heteroatoms. The summed E-state index contributed by atoms with van der Waals surface area (Å²) >= 11 is 9.44. The number of hydrazone groups is 1. The standard InChI is InChI=1S/C24H23BrClN3O2/c1-16-12-21(26)10-11-22(16)28-17(2)24(30)29-27-14-19-7-3-4-9-23(19)31-15-18-6-5-8-20(25)13-18/h3-14,17,28H,15H2,1-2H3,(H,29,30)/t17-/m0/s1. The van der Waals surface area contributed by atoms with Crippen LogP contribution in [-0.2, 0) is 11.4 Å². The number of amides is 1. The zero-order valence-electron chi connectivity index (χ0n) is 17.2. The van der Waals surface area contributed by atoms with Crippen molar-refractivity contribution in [3.8, 4) is 5.75 Å². The number of hydrogen-bond donors (Lipinski definition) is 2. The van der Waals surface area contributed by atoms with Gasteiger partial charge in [0, 0.05) is 20.7 Å². The van der Waals surface area contributed by atoms with Crippen molar-refractivity contribution in [1.29, 1.82) is 0 Å². The molecule has 3 rings (SSSR count).